The molecule has 1 saturated carbocycles. The highest BCUT2D eigenvalue weighted by atomic mass is 16.5. The second-order valence-electron chi connectivity index (χ2n) is 4.89. The minimum Gasteiger partial charge on any atom is -0.490 e. The minimum absolute atomic E-state index is 0.470. The summed E-state index contributed by atoms with van der Waals surface area (Å²) in [7, 11) is 0. The number of hydrogen-bond donors (Lipinski definition) is 1. The molecule has 1 aromatic rings. The van der Waals surface area contributed by atoms with Crippen LogP contribution in [0.15, 0.2) is 24.3 Å². The van der Waals surface area contributed by atoms with Crippen molar-refractivity contribution >= 4 is 0 Å². The van der Waals surface area contributed by atoms with Gasteiger partial charge in [-0.2, -0.15) is 0 Å². The quantitative estimate of drug-likeness (QED) is 0.826. The van der Waals surface area contributed by atoms with Crippen LogP contribution in [0.1, 0.15) is 38.2 Å². The maximum atomic E-state index is 5.80. The zero-order valence-electron chi connectivity index (χ0n) is 10.1. The summed E-state index contributed by atoms with van der Waals surface area (Å²) in [6.07, 6.45) is 2.88. The Hall–Kier alpha value is -1.02. The lowest BCUT2D eigenvalue weighted by Gasteiger charge is -2.19. The molecule has 0 amide bonds. The third-order valence-corrected chi connectivity index (χ3v) is 3.44. The first-order valence-corrected chi connectivity index (χ1v) is 6.17. The summed E-state index contributed by atoms with van der Waals surface area (Å²) in [6, 6.07) is 8.44. The zero-order valence-corrected chi connectivity index (χ0v) is 10.1. The summed E-state index contributed by atoms with van der Waals surface area (Å²) >= 11 is 0. The van der Waals surface area contributed by atoms with Crippen LogP contribution >= 0.6 is 0 Å². The number of ether oxygens (including phenoxy) is 1. The molecule has 2 nitrogen and oxygen atoms in total. The molecular formula is C14H21NO. The lowest BCUT2D eigenvalue weighted by Crippen LogP contribution is -2.17. The average Bonchev–Trinajstić information content (AvgIpc) is 3.11. The van der Waals surface area contributed by atoms with Gasteiger partial charge < -0.3 is 10.5 Å². The van der Waals surface area contributed by atoms with Crippen molar-refractivity contribution in [2.24, 2.45) is 11.7 Å². The smallest absolute Gasteiger partial charge is 0.119 e. The molecule has 0 saturated heterocycles. The summed E-state index contributed by atoms with van der Waals surface area (Å²) in [4.78, 5) is 0. The molecule has 0 aromatic heterocycles. The molecule has 1 aromatic carbocycles. The molecule has 16 heavy (non-hydrogen) atoms. The average molecular weight is 219 g/mol. The van der Waals surface area contributed by atoms with Crippen LogP contribution in [-0.2, 0) is 0 Å². The molecule has 0 spiro atoms. The number of nitrogens with two attached hydrogens (primary N) is 1. The van der Waals surface area contributed by atoms with E-state index in [4.69, 9.17) is 10.5 Å². The summed E-state index contributed by atoms with van der Waals surface area (Å²) in [5.41, 5.74) is 7.04. The van der Waals surface area contributed by atoms with Gasteiger partial charge in [0.05, 0.1) is 6.10 Å². The Kier molecular flexibility index (Phi) is 3.49. The van der Waals surface area contributed by atoms with Crippen LogP contribution in [0.3, 0.4) is 0 Å². The number of rotatable bonds is 5. The Bertz CT molecular complexity index is 346. The van der Waals surface area contributed by atoms with Gasteiger partial charge in [0.15, 0.2) is 0 Å². The SMILES string of the molecule is CC(CN)C(C)c1cccc(OC2CC2)c1. The van der Waals surface area contributed by atoms with E-state index in [1.54, 1.807) is 0 Å². The van der Waals surface area contributed by atoms with E-state index in [9.17, 15) is 0 Å². The third kappa shape index (κ3) is 2.76. The summed E-state index contributed by atoms with van der Waals surface area (Å²) in [5, 5.41) is 0. The van der Waals surface area contributed by atoms with Gasteiger partial charge in [-0.3, -0.25) is 0 Å². The molecule has 2 rings (SSSR count). The Morgan fingerprint density at radius 1 is 1.38 bits per heavy atom. The molecule has 0 radical (unpaired) electrons. The van der Waals surface area contributed by atoms with Gasteiger partial charge in [-0.15, -0.1) is 0 Å². The number of benzene rings is 1. The molecular weight excluding hydrogens is 198 g/mol. The highest BCUT2D eigenvalue weighted by Gasteiger charge is 2.23. The van der Waals surface area contributed by atoms with Gasteiger partial charge in [-0.1, -0.05) is 26.0 Å². The van der Waals surface area contributed by atoms with Gasteiger partial charge >= 0.3 is 0 Å². The second kappa shape index (κ2) is 4.88. The maximum Gasteiger partial charge on any atom is 0.119 e. The topological polar surface area (TPSA) is 35.2 Å². The maximum absolute atomic E-state index is 5.80. The van der Waals surface area contributed by atoms with E-state index in [1.807, 2.05) is 6.07 Å². The Labute approximate surface area is 97.8 Å². The Balaban J connectivity index is 2.07. The summed E-state index contributed by atoms with van der Waals surface area (Å²) < 4.78 is 5.80. The molecule has 2 N–H and O–H groups in total. The van der Waals surface area contributed by atoms with Crippen LogP contribution in [0.5, 0.6) is 5.75 Å². The van der Waals surface area contributed by atoms with Crippen molar-refractivity contribution < 1.29 is 4.74 Å². The summed E-state index contributed by atoms with van der Waals surface area (Å²) in [5.74, 6) is 2.01. The molecule has 2 heteroatoms. The van der Waals surface area contributed by atoms with Crippen LogP contribution < -0.4 is 10.5 Å². The van der Waals surface area contributed by atoms with Crippen molar-refractivity contribution in [1.82, 2.24) is 0 Å². The van der Waals surface area contributed by atoms with E-state index >= 15 is 0 Å². The predicted octanol–water partition coefficient (Wildman–Crippen LogP) is 2.93. The highest BCUT2D eigenvalue weighted by Crippen LogP contribution is 2.30. The van der Waals surface area contributed by atoms with E-state index in [2.05, 4.69) is 32.0 Å². The molecule has 2 unspecified atom stereocenters. The number of hydrogen-bond acceptors (Lipinski definition) is 2. The van der Waals surface area contributed by atoms with Crippen molar-refractivity contribution in [3.8, 4) is 5.75 Å². The van der Waals surface area contributed by atoms with Crippen LogP contribution in [0, 0.1) is 5.92 Å². The van der Waals surface area contributed by atoms with Crippen LogP contribution in [0.2, 0.25) is 0 Å². The Morgan fingerprint density at radius 2 is 2.12 bits per heavy atom. The zero-order chi connectivity index (χ0) is 11.5. The predicted molar refractivity (Wildman–Crippen MR) is 66.7 cm³/mol. The van der Waals surface area contributed by atoms with Crippen molar-refractivity contribution in [2.75, 3.05) is 6.54 Å². The van der Waals surface area contributed by atoms with Crippen molar-refractivity contribution in [2.45, 2.75) is 38.7 Å². The van der Waals surface area contributed by atoms with E-state index < -0.39 is 0 Å². The molecule has 1 aliphatic carbocycles. The van der Waals surface area contributed by atoms with E-state index in [-0.39, 0.29) is 0 Å². The second-order valence-corrected chi connectivity index (χ2v) is 4.89. The summed E-state index contributed by atoms with van der Waals surface area (Å²) in [6.45, 7) is 5.15. The van der Waals surface area contributed by atoms with Gasteiger partial charge in [-0.05, 0) is 48.9 Å². The Morgan fingerprint density at radius 3 is 2.75 bits per heavy atom. The van der Waals surface area contributed by atoms with Crippen LogP contribution in [-0.4, -0.2) is 12.6 Å². The van der Waals surface area contributed by atoms with Crippen LogP contribution in [0.4, 0.5) is 0 Å². The fourth-order valence-corrected chi connectivity index (χ4v) is 1.78. The lowest BCUT2D eigenvalue weighted by molar-refractivity contribution is 0.302. The first kappa shape index (κ1) is 11.5. The molecule has 0 bridgehead atoms. The van der Waals surface area contributed by atoms with Gasteiger partial charge in [-0.25, -0.2) is 0 Å². The van der Waals surface area contributed by atoms with Crippen molar-refractivity contribution in [3.63, 3.8) is 0 Å². The monoisotopic (exact) mass is 219 g/mol. The standard InChI is InChI=1S/C14H21NO/c1-10(9-15)11(2)12-4-3-5-14(8-12)16-13-6-7-13/h3-5,8,10-11,13H,6-7,9,15H2,1-2H3. The van der Waals surface area contributed by atoms with Gasteiger partial charge in [0.2, 0.25) is 0 Å². The lowest BCUT2D eigenvalue weighted by atomic mass is 9.89. The van der Waals surface area contributed by atoms with E-state index in [0.717, 1.165) is 12.3 Å². The fraction of sp³-hybridized carbons (Fsp3) is 0.571. The first-order valence-electron chi connectivity index (χ1n) is 6.17. The van der Waals surface area contributed by atoms with E-state index in [0.29, 0.717) is 17.9 Å². The fourth-order valence-electron chi connectivity index (χ4n) is 1.78. The largest absolute Gasteiger partial charge is 0.490 e. The van der Waals surface area contributed by atoms with Crippen molar-refractivity contribution in [1.29, 1.82) is 0 Å². The van der Waals surface area contributed by atoms with Gasteiger partial charge in [0.25, 0.3) is 0 Å². The van der Waals surface area contributed by atoms with Gasteiger partial charge in [0, 0.05) is 0 Å². The van der Waals surface area contributed by atoms with Crippen LogP contribution in [0.25, 0.3) is 0 Å². The molecule has 88 valence electrons. The first-order chi connectivity index (χ1) is 7.70. The normalized spacial score (nSPS) is 19.2. The molecule has 2 atom stereocenters. The van der Waals surface area contributed by atoms with Crippen molar-refractivity contribution in [3.05, 3.63) is 29.8 Å². The molecule has 1 fully saturated rings. The molecule has 0 aliphatic heterocycles. The highest BCUT2D eigenvalue weighted by molar-refractivity contribution is 5.31. The third-order valence-electron chi connectivity index (χ3n) is 3.44. The van der Waals surface area contributed by atoms with E-state index in [1.165, 1.54) is 18.4 Å². The van der Waals surface area contributed by atoms with Gasteiger partial charge in [0.1, 0.15) is 5.75 Å². The minimum atomic E-state index is 0.470. The molecule has 1 aliphatic rings. The molecule has 0 heterocycles.